The molecule has 0 spiro atoms. The van der Waals surface area contributed by atoms with Gasteiger partial charge >= 0.3 is 0 Å². The summed E-state index contributed by atoms with van der Waals surface area (Å²) in [6.07, 6.45) is 8.06. The Morgan fingerprint density at radius 1 is 1.38 bits per heavy atom. The summed E-state index contributed by atoms with van der Waals surface area (Å²) in [4.78, 5) is 8.55. The summed E-state index contributed by atoms with van der Waals surface area (Å²) in [6.45, 7) is 3.79. The van der Waals surface area contributed by atoms with E-state index in [0.29, 0.717) is 12.5 Å². The fraction of sp³-hybridized carbons (Fsp3) is 0.533. The Kier molecular flexibility index (Phi) is 4.15. The lowest BCUT2D eigenvalue weighted by Gasteiger charge is -2.30. The Balaban J connectivity index is 1.58. The Morgan fingerprint density at radius 2 is 2.24 bits per heavy atom. The molecule has 0 bridgehead atoms. The van der Waals surface area contributed by atoms with E-state index in [-0.39, 0.29) is 6.10 Å². The molecule has 6 heteroatoms. The van der Waals surface area contributed by atoms with Gasteiger partial charge < -0.3 is 10.4 Å². The van der Waals surface area contributed by atoms with Crippen molar-refractivity contribution in [1.29, 1.82) is 0 Å². The number of aliphatic hydroxyl groups excluding tert-OH is 1. The first-order chi connectivity index (χ1) is 10.2. The molecule has 0 saturated heterocycles. The summed E-state index contributed by atoms with van der Waals surface area (Å²) < 4.78 is 1.96. The molecule has 2 aromatic rings. The van der Waals surface area contributed by atoms with Crippen molar-refractivity contribution >= 4 is 5.82 Å². The molecule has 2 heterocycles. The molecule has 2 aromatic heterocycles. The lowest BCUT2D eigenvalue weighted by molar-refractivity contribution is 0.0732. The molecule has 2 N–H and O–H groups in total. The summed E-state index contributed by atoms with van der Waals surface area (Å²) >= 11 is 0. The van der Waals surface area contributed by atoms with Crippen molar-refractivity contribution in [3.63, 3.8) is 0 Å². The van der Waals surface area contributed by atoms with Crippen LogP contribution in [0.25, 0.3) is 0 Å². The van der Waals surface area contributed by atoms with Crippen molar-refractivity contribution < 1.29 is 5.11 Å². The van der Waals surface area contributed by atoms with Crippen molar-refractivity contribution in [2.45, 2.75) is 51.3 Å². The van der Waals surface area contributed by atoms with Gasteiger partial charge in [-0.25, -0.2) is 9.97 Å². The minimum Gasteiger partial charge on any atom is -0.393 e. The number of rotatable bonds is 6. The molecule has 1 aliphatic rings. The Morgan fingerprint density at radius 3 is 3.00 bits per heavy atom. The zero-order valence-corrected chi connectivity index (χ0v) is 12.2. The van der Waals surface area contributed by atoms with Gasteiger partial charge in [0.05, 0.1) is 12.3 Å². The summed E-state index contributed by atoms with van der Waals surface area (Å²) in [7, 11) is 0. The second kappa shape index (κ2) is 6.22. The third kappa shape index (κ3) is 3.39. The predicted octanol–water partition coefficient (Wildman–Crippen LogP) is 1.93. The topological polar surface area (TPSA) is 75.9 Å². The SMILES string of the molecule is CCCn1cc(CNc2cc(C3CC(O)C3)ncn2)cn1. The highest BCUT2D eigenvalue weighted by Crippen LogP contribution is 2.35. The van der Waals surface area contributed by atoms with Crippen molar-refractivity contribution in [2.75, 3.05) is 5.32 Å². The van der Waals surface area contributed by atoms with Crippen LogP contribution in [0.3, 0.4) is 0 Å². The zero-order chi connectivity index (χ0) is 14.7. The number of nitrogens with one attached hydrogen (secondary N) is 1. The van der Waals surface area contributed by atoms with Gasteiger partial charge in [-0.3, -0.25) is 4.68 Å². The van der Waals surface area contributed by atoms with Crippen LogP contribution in [0.5, 0.6) is 0 Å². The van der Waals surface area contributed by atoms with Gasteiger partial charge in [0.25, 0.3) is 0 Å². The van der Waals surface area contributed by atoms with E-state index in [9.17, 15) is 5.11 Å². The summed E-state index contributed by atoms with van der Waals surface area (Å²) in [6, 6.07) is 1.98. The fourth-order valence-corrected chi connectivity index (χ4v) is 2.56. The van der Waals surface area contributed by atoms with Gasteiger partial charge in [0.1, 0.15) is 12.1 Å². The van der Waals surface area contributed by atoms with Crippen LogP contribution in [0.15, 0.2) is 24.8 Å². The van der Waals surface area contributed by atoms with Crippen LogP contribution >= 0.6 is 0 Å². The highest BCUT2D eigenvalue weighted by molar-refractivity contribution is 5.37. The van der Waals surface area contributed by atoms with Crippen LogP contribution < -0.4 is 5.32 Å². The molecule has 0 amide bonds. The highest BCUT2D eigenvalue weighted by Gasteiger charge is 2.29. The second-order valence-electron chi connectivity index (χ2n) is 5.62. The second-order valence-corrected chi connectivity index (χ2v) is 5.62. The molecule has 112 valence electrons. The summed E-state index contributed by atoms with van der Waals surface area (Å²) in [5.41, 5.74) is 2.15. The van der Waals surface area contributed by atoms with Crippen molar-refractivity contribution in [3.05, 3.63) is 36.0 Å². The van der Waals surface area contributed by atoms with E-state index >= 15 is 0 Å². The predicted molar refractivity (Wildman–Crippen MR) is 79.9 cm³/mol. The minimum absolute atomic E-state index is 0.161. The van der Waals surface area contributed by atoms with Crippen LogP contribution in [0.4, 0.5) is 5.82 Å². The molecule has 0 aliphatic heterocycles. The van der Waals surface area contributed by atoms with Crippen molar-refractivity contribution in [2.24, 2.45) is 0 Å². The smallest absolute Gasteiger partial charge is 0.129 e. The van der Waals surface area contributed by atoms with Crippen LogP contribution in [0, 0.1) is 0 Å². The molecule has 0 radical (unpaired) electrons. The zero-order valence-electron chi connectivity index (χ0n) is 12.2. The van der Waals surface area contributed by atoms with Gasteiger partial charge in [0, 0.05) is 42.5 Å². The first-order valence-corrected chi connectivity index (χ1v) is 7.50. The van der Waals surface area contributed by atoms with E-state index in [1.165, 1.54) is 0 Å². The van der Waals surface area contributed by atoms with E-state index in [1.807, 2.05) is 16.9 Å². The van der Waals surface area contributed by atoms with Crippen LogP contribution in [-0.4, -0.2) is 31.0 Å². The maximum Gasteiger partial charge on any atom is 0.129 e. The summed E-state index contributed by atoms with van der Waals surface area (Å²) in [5.74, 6) is 1.19. The van der Waals surface area contributed by atoms with Gasteiger partial charge in [-0.05, 0) is 19.3 Å². The number of aromatic nitrogens is 4. The van der Waals surface area contributed by atoms with Gasteiger partial charge in [-0.1, -0.05) is 6.92 Å². The van der Waals surface area contributed by atoms with Crippen LogP contribution in [-0.2, 0) is 13.1 Å². The maximum atomic E-state index is 9.38. The quantitative estimate of drug-likeness (QED) is 0.849. The first kappa shape index (κ1) is 14.0. The van der Waals surface area contributed by atoms with Crippen molar-refractivity contribution in [1.82, 2.24) is 19.7 Å². The molecule has 1 saturated carbocycles. The van der Waals surface area contributed by atoms with E-state index in [0.717, 1.165) is 42.9 Å². The number of aliphatic hydroxyl groups is 1. The van der Waals surface area contributed by atoms with E-state index in [1.54, 1.807) is 6.33 Å². The lowest BCUT2D eigenvalue weighted by atomic mass is 9.80. The Bertz CT molecular complexity index is 591. The molecule has 6 nitrogen and oxygen atoms in total. The van der Waals surface area contributed by atoms with Crippen LogP contribution in [0.2, 0.25) is 0 Å². The maximum absolute atomic E-state index is 9.38. The van der Waals surface area contributed by atoms with Gasteiger partial charge in [0.15, 0.2) is 0 Å². The fourth-order valence-electron chi connectivity index (χ4n) is 2.56. The lowest BCUT2D eigenvalue weighted by Crippen LogP contribution is -2.27. The highest BCUT2D eigenvalue weighted by atomic mass is 16.3. The Labute approximate surface area is 124 Å². The molecule has 0 atom stereocenters. The largest absolute Gasteiger partial charge is 0.393 e. The number of hydrogen-bond acceptors (Lipinski definition) is 5. The molecule has 1 aliphatic carbocycles. The number of anilines is 1. The number of aryl methyl sites for hydroxylation is 1. The van der Waals surface area contributed by atoms with Gasteiger partial charge in [-0.2, -0.15) is 5.10 Å². The molecular weight excluding hydrogens is 266 g/mol. The molecule has 0 aromatic carbocycles. The first-order valence-electron chi connectivity index (χ1n) is 7.50. The molecule has 0 unspecified atom stereocenters. The third-order valence-electron chi connectivity index (χ3n) is 3.83. The average Bonchev–Trinajstić information content (AvgIpc) is 2.90. The molecule has 1 fully saturated rings. The third-order valence-corrected chi connectivity index (χ3v) is 3.83. The standard InChI is InChI=1S/C15H21N5O/c1-2-3-20-9-11(8-19-20)7-16-15-6-14(17-10-18-15)12-4-13(21)5-12/h6,8-10,12-13,21H,2-5,7H2,1H3,(H,16,17,18). The minimum atomic E-state index is -0.161. The molecule has 21 heavy (non-hydrogen) atoms. The molecular formula is C15H21N5O. The van der Waals surface area contributed by atoms with E-state index in [4.69, 9.17) is 0 Å². The number of nitrogens with zero attached hydrogens (tertiary/aromatic N) is 4. The molecule has 3 rings (SSSR count). The number of hydrogen-bond donors (Lipinski definition) is 2. The summed E-state index contributed by atoms with van der Waals surface area (Å²) in [5, 5.41) is 17.0. The van der Waals surface area contributed by atoms with Crippen molar-refractivity contribution in [3.8, 4) is 0 Å². The van der Waals surface area contributed by atoms with E-state index < -0.39 is 0 Å². The Hall–Kier alpha value is -1.95. The van der Waals surface area contributed by atoms with Gasteiger partial charge in [0.2, 0.25) is 0 Å². The monoisotopic (exact) mass is 287 g/mol. The average molecular weight is 287 g/mol. The van der Waals surface area contributed by atoms with Gasteiger partial charge in [-0.15, -0.1) is 0 Å². The van der Waals surface area contributed by atoms with E-state index in [2.05, 4.69) is 33.5 Å². The van der Waals surface area contributed by atoms with Crippen LogP contribution in [0.1, 0.15) is 43.4 Å². The normalized spacial score (nSPS) is 21.0.